The van der Waals surface area contributed by atoms with Gasteiger partial charge in [0.15, 0.2) is 6.10 Å². The predicted octanol–water partition coefficient (Wildman–Crippen LogP) is 19.0. The Bertz CT molecular complexity index is 1270. The summed E-state index contributed by atoms with van der Waals surface area (Å²) in [5, 5.41) is 0. The number of ether oxygens (including phenoxy) is 3. The molecule has 0 N–H and O–H groups in total. The molecule has 0 saturated heterocycles. The normalized spacial score (nSPS) is 13.0. The van der Waals surface area contributed by atoms with Gasteiger partial charge in [-0.1, -0.05) is 246 Å². The Morgan fingerprint density at radius 2 is 0.712 bits per heavy atom. The first-order valence-corrected chi connectivity index (χ1v) is 27.8. The zero-order chi connectivity index (χ0) is 47.7. The largest absolute Gasteiger partial charge is 0.462 e. The quantitative estimate of drug-likeness (QED) is 0.0346. The summed E-state index contributed by atoms with van der Waals surface area (Å²) in [5.74, 6) is -0.442. The maximum absolute atomic E-state index is 12.8. The van der Waals surface area contributed by atoms with Crippen LogP contribution in [0.4, 0.5) is 0 Å². The summed E-state index contributed by atoms with van der Waals surface area (Å²) >= 11 is 0. The molecule has 0 rings (SSSR count). The van der Waals surface area contributed by atoms with Gasteiger partial charge in [-0.25, -0.2) is 0 Å². The van der Waals surface area contributed by atoms with E-state index in [0.717, 1.165) is 103 Å². The number of allylic oxidation sites excluding steroid dienone is 16. The molecule has 5 nitrogen and oxygen atoms in total. The minimum absolute atomic E-state index is 0.0542. The van der Waals surface area contributed by atoms with E-state index in [9.17, 15) is 9.59 Å². The average Bonchev–Trinajstić information content (AvgIpc) is 3.32. The van der Waals surface area contributed by atoms with E-state index in [0.29, 0.717) is 19.4 Å². The minimum Gasteiger partial charge on any atom is -0.462 e. The van der Waals surface area contributed by atoms with Gasteiger partial charge in [-0.05, 0) is 89.9 Å². The lowest BCUT2D eigenvalue weighted by Gasteiger charge is -2.18. The van der Waals surface area contributed by atoms with E-state index in [1.54, 1.807) is 0 Å². The first-order chi connectivity index (χ1) is 32.6. The van der Waals surface area contributed by atoms with Crippen molar-refractivity contribution in [2.24, 2.45) is 0 Å². The van der Waals surface area contributed by atoms with Gasteiger partial charge in [-0.2, -0.15) is 0 Å². The molecule has 0 aromatic rings. The van der Waals surface area contributed by atoms with Crippen LogP contribution in [0.2, 0.25) is 0 Å². The molecule has 0 aromatic heterocycles. The number of carbonyl (C=O) groups excluding carboxylic acids is 2. The van der Waals surface area contributed by atoms with E-state index in [-0.39, 0.29) is 25.2 Å². The highest BCUT2D eigenvalue weighted by molar-refractivity contribution is 5.70. The van der Waals surface area contributed by atoms with Gasteiger partial charge in [0.1, 0.15) is 6.61 Å². The zero-order valence-electron chi connectivity index (χ0n) is 43.4. The second-order valence-corrected chi connectivity index (χ2v) is 18.1. The fraction of sp³-hybridized carbons (Fsp3) is 0.705. The third-order valence-electron chi connectivity index (χ3n) is 11.6. The van der Waals surface area contributed by atoms with Crippen molar-refractivity contribution in [1.29, 1.82) is 0 Å². The van der Waals surface area contributed by atoms with E-state index in [1.165, 1.54) is 116 Å². The fourth-order valence-electron chi connectivity index (χ4n) is 7.51. The summed E-state index contributed by atoms with van der Waals surface area (Å²) in [6, 6.07) is 0. The van der Waals surface area contributed by atoms with Gasteiger partial charge in [0.2, 0.25) is 0 Å². The topological polar surface area (TPSA) is 61.8 Å². The van der Waals surface area contributed by atoms with Gasteiger partial charge in [-0.15, -0.1) is 0 Å². The highest BCUT2D eigenvalue weighted by Crippen LogP contribution is 2.15. The summed E-state index contributed by atoms with van der Waals surface area (Å²) in [6.45, 7) is 7.51. The molecule has 1 unspecified atom stereocenters. The molecule has 0 radical (unpaired) electrons. The van der Waals surface area contributed by atoms with E-state index in [2.05, 4.69) is 118 Å². The van der Waals surface area contributed by atoms with Crippen LogP contribution in [0.15, 0.2) is 97.2 Å². The Morgan fingerprint density at radius 3 is 1.15 bits per heavy atom. The van der Waals surface area contributed by atoms with Gasteiger partial charge in [0, 0.05) is 19.4 Å². The van der Waals surface area contributed by atoms with Gasteiger partial charge in [0.25, 0.3) is 0 Å². The highest BCUT2D eigenvalue weighted by Gasteiger charge is 2.17. The second-order valence-electron chi connectivity index (χ2n) is 18.1. The van der Waals surface area contributed by atoms with Crippen LogP contribution in [0.1, 0.15) is 252 Å². The fourth-order valence-corrected chi connectivity index (χ4v) is 7.51. The molecule has 0 fully saturated rings. The zero-order valence-corrected chi connectivity index (χ0v) is 43.4. The van der Waals surface area contributed by atoms with Gasteiger partial charge >= 0.3 is 11.9 Å². The molecule has 0 amide bonds. The van der Waals surface area contributed by atoms with Gasteiger partial charge in [-0.3, -0.25) is 9.59 Å². The predicted molar refractivity (Wildman–Crippen MR) is 288 cm³/mol. The lowest BCUT2D eigenvalue weighted by molar-refractivity contribution is -0.163. The SMILES string of the molecule is CC/C=C\C/C=C\C/C=C\C/C=C\C/C=C\C/C=C\CCCOCC(COC(=O)CCCCCCCCCCCCCCCCCCC)OC(=O)CCCCCCC/C=C\C/C=C\CCC. The molecule has 378 valence electrons. The lowest BCUT2D eigenvalue weighted by Crippen LogP contribution is -2.30. The number of hydrogen-bond acceptors (Lipinski definition) is 5. The van der Waals surface area contributed by atoms with Crippen molar-refractivity contribution >= 4 is 11.9 Å². The summed E-state index contributed by atoms with van der Waals surface area (Å²) < 4.78 is 17.4. The number of hydrogen-bond donors (Lipinski definition) is 0. The van der Waals surface area contributed by atoms with Crippen LogP contribution in [-0.4, -0.2) is 37.9 Å². The van der Waals surface area contributed by atoms with E-state index < -0.39 is 6.10 Å². The van der Waals surface area contributed by atoms with Crippen LogP contribution in [0.25, 0.3) is 0 Å². The first-order valence-electron chi connectivity index (χ1n) is 27.8. The van der Waals surface area contributed by atoms with E-state index in [4.69, 9.17) is 14.2 Å². The molecule has 0 aliphatic rings. The number of esters is 2. The molecule has 66 heavy (non-hydrogen) atoms. The molecule has 1 atom stereocenters. The van der Waals surface area contributed by atoms with Crippen LogP contribution in [0.5, 0.6) is 0 Å². The van der Waals surface area contributed by atoms with Crippen LogP contribution < -0.4 is 0 Å². The van der Waals surface area contributed by atoms with Crippen molar-refractivity contribution in [2.45, 2.75) is 258 Å². The second kappa shape index (κ2) is 56.1. The summed E-state index contributed by atoms with van der Waals surface area (Å²) in [4.78, 5) is 25.5. The maximum Gasteiger partial charge on any atom is 0.306 e. The number of carbonyl (C=O) groups is 2. The number of rotatable bonds is 50. The van der Waals surface area contributed by atoms with Crippen molar-refractivity contribution < 1.29 is 23.8 Å². The van der Waals surface area contributed by atoms with Crippen LogP contribution >= 0.6 is 0 Å². The Kier molecular flexibility index (Phi) is 53.4. The van der Waals surface area contributed by atoms with Crippen molar-refractivity contribution in [3.05, 3.63) is 97.2 Å². The van der Waals surface area contributed by atoms with E-state index >= 15 is 0 Å². The molecule has 0 aliphatic heterocycles. The summed E-state index contributed by atoms with van der Waals surface area (Å²) in [6.07, 6.45) is 75.8. The standard InChI is InChI=1S/C61H104O5/c1-4-7-10-13-16-19-22-25-27-29-30-31-33-35-38-41-44-47-50-53-56-64-57-59(66-61(63)55-52-49-46-43-40-36-24-21-18-15-12-9-6-3)58-65-60(62)54-51-48-45-42-39-37-34-32-28-26-23-20-17-14-11-8-5-2/h7,10,12,15-16,19,21,24-25,27,30-31,35,38,44,47,59H,4-6,8-9,11,13-14,17-18,20,22-23,26,28-29,32-34,36-37,39-43,45-46,48-58H2,1-3H3/b10-7-,15-12-,19-16-,24-21-,27-25-,31-30-,38-35-,47-44-. The first kappa shape index (κ1) is 62.8. The summed E-state index contributed by atoms with van der Waals surface area (Å²) in [5.41, 5.74) is 0. The van der Waals surface area contributed by atoms with Crippen LogP contribution in [0, 0.1) is 0 Å². The Morgan fingerprint density at radius 1 is 0.348 bits per heavy atom. The molecule has 0 aromatic carbocycles. The molecular weight excluding hydrogens is 813 g/mol. The average molecular weight is 917 g/mol. The smallest absolute Gasteiger partial charge is 0.306 e. The highest BCUT2D eigenvalue weighted by atomic mass is 16.6. The Balaban J connectivity index is 4.37. The molecule has 0 heterocycles. The Labute approximate surface area is 409 Å². The third-order valence-corrected chi connectivity index (χ3v) is 11.6. The monoisotopic (exact) mass is 917 g/mol. The van der Waals surface area contributed by atoms with E-state index in [1.807, 2.05) is 0 Å². The minimum atomic E-state index is -0.577. The molecule has 0 spiro atoms. The summed E-state index contributed by atoms with van der Waals surface area (Å²) in [7, 11) is 0. The lowest BCUT2D eigenvalue weighted by atomic mass is 10.0. The molecule has 0 saturated carbocycles. The van der Waals surface area contributed by atoms with Gasteiger partial charge < -0.3 is 14.2 Å². The van der Waals surface area contributed by atoms with Gasteiger partial charge in [0.05, 0.1) is 6.61 Å². The maximum atomic E-state index is 12.8. The van der Waals surface area contributed by atoms with Crippen LogP contribution in [-0.2, 0) is 23.8 Å². The molecular formula is C61H104O5. The van der Waals surface area contributed by atoms with Crippen molar-refractivity contribution in [3.63, 3.8) is 0 Å². The Hall–Kier alpha value is -3.18. The number of unbranched alkanes of at least 4 members (excludes halogenated alkanes) is 23. The van der Waals surface area contributed by atoms with Crippen molar-refractivity contribution in [2.75, 3.05) is 19.8 Å². The van der Waals surface area contributed by atoms with Crippen LogP contribution in [0.3, 0.4) is 0 Å². The third kappa shape index (κ3) is 53.4. The molecule has 0 aliphatic carbocycles. The molecule has 0 bridgehead atoms. The van der Waals surface area contributed by atoms with Crippen molar-refractivity contribution in [1.82, 2.24) is 0 Å². The molecule has 5 heteroatoms. The van der Waals surface area contributed by atoms with Crippen molar-refractivity contribution in [3.8, 4) is 0 Å².